The van der Waals surface area contributed by atoms with Gasteiger partial charge in [-0.1, -0.05) is 19.3 Å². The number of nitrogens with one attached hydrogen (secondary N) is 1. The zero-order chi connectivity index (χ0) is 17.9. The first-order valence-electron chi connectivity index (χ1n) is 9.81. The van der Waals surface area contributed by atoms with Crippen LogP contribution in [0.4, 0.5) is 4.79 Å². The lowest BCUT2D eigenvalue weighted by atomic mass is 9.96. The van der Waals surface area contributed by atoms with Crippen LogP contribution in [0.1, 0.15) is 48.0 Å². The van der Waals surface area contributed by atoms with Gasteiger partial charge in [-0.3, -0.25) is 4.79 Å². The zero-order valence-corrected chi connectivity index (χ0v) is 15.2. The molecule has 0 bridgehead atoms. The molecule has 6 nitrogen and oxygen atoms in total. The van der Waals surface area contributed by atoms with E-state index in [1.807, 2.05) is 28.0 Å². The normalized spacial score (nSPS) is 20.5. The van der Waals surface area contributed by atoms with Gasteiger partial charge in [0, 0.05) is 44.2 Å². The van der Waals surface area contributed by atoms with Crippen molar-refractivity contribution < 1.29 is 14.3 Å². The SMILES string of the molecule is O=C(NC1CCCCC1)N1CCN(C(=O)c2ccc3c(c2)CCO3)CC1. The van der Waals surface area contributed by atoms with E-state index in [0.717, 1.165) is 30.6 Å². The van der Waals surface area contributed by atoms with Crippen molar-refractivity contribution >= 4 is 11.9 Å². The molecule has 0 aromatic heterocycles. The predicted octanol–water partition coefficient (Wildman–Crippen LogP) is 2.42. The molecule has 0 unspecified atom stereocenters. The fraction of sp³-hybridized carbons (Fsp3) is 0.600. The minimum Gasteiger partial charge on any atom is -0.493 e. The van der Waals surface area contributed by atoms with Crippen LogP contribution < -0.4 is 10.1 Å². The second-order valence-electron chi connectivity index (χ2n) is 7.48. The molecule has 1 aliphatic carbocycles. The number of carbonyl (C=O) groups is 2. The minimum absolute atomic E-state index is 0.0266. The molecule has 1 saturated carbocycles. The van der Waals surface area contributed by atoms with Crippen LogP contribution >= 0.6 is 0 Å². The Morgan fingerprint density at radius 1 is 1.00 bits per heavy atom. The molecule has 140 valence electrons. The molecular formula is C20H27N3O3. The first kappa shape index (κ1) is 17.2. The van der Waals surface area contributed by atoms with Crippen LogP contribution in [-0.2, 0) is 6.42 Å². The molecule has 1 N–H and O–H groups in total. The maximum Gasteiger partial charge on any atom is 0.317 e. The van der Waals surface area contributed by atoms with Gasteiger partial charge in [0.1, 0.15) is 5.75 Å². The van der Waals surface area contributed by atoms with E-state index in [0.29, 0.717) is 44.4 Å². The molecule has 2 heterocycles. The number of urea groups is 1. The molecule has 0 radical (unpaired) electrons. The Kier molecular flexibility index (Phi) is 5.00. The van der Waals surface area contributed by atoms with Crippen molar-refractivity contribution in [3.63, 3.8) is 0 Å². The summed E-state index contributed by atoms with van der Waals surface area (Å²) in [7, 11) is 0. The first-order chi connectivity index (χ1) is 12.7. The number of carbonyl (C=O) groups excluding carboxylic acids is 2. The third-order valence-corrected chi connectivity index (χ3v) is 5.72. The average molecular weight is 357 g/mol. The van der Waals surface area contributed by atoms with E-state index in [4.69, 9.17) is 4.74 Å². The molecule has 6 heteroatoms. The van der Waals surface area contributed by atoms with Crippen LogP contribution in [0.5, 0.6) is 5.75 Å². The van der Waals surface area contributed by atoms with E-state index >= 15 is 0 Å². The van der Waals surface area contributed by atoms with Crippen LogP contribution in [0, 0.1) is 0 Å². The van der Waals surface area contributed by atoms with Gasteiger partial charge in [-0.2, -0.15) is 0 Å². The number of benzene rings is 1. The lowest BCUT2D eigenvalue weighted by molar-refractivity contribution is 0.0662. The van der Waals surface area contributed by atoms with Crippen molar-refractivity contribution in [3.05, 3.63) is 29.3 Å². The number of rotatable bonds is 2. The van der Waals surface area contributed by atoms with Crippen molar-refractivity contribution in [3.8, 4) is 5.75 Å². The monoisotopic (exact) mass is 357 g/mol. The highest BCUT2D eigenvalue weighted by Gasteiger charge is 2.27. The van der Waals surface area contributed by atoms with E-state index in [1.165, 1.54) is 19.3 Å². The number of amides is 3. The molecule has 0 spiro atoms. The summed E-state index contributed by atoms with van der Waals surface area (Å²) in [6.07, 6.45) is 6.74. The molecule has 26 heavy (non-hydrogen) atoms. The summed E-state index contributed by atoms with van der Waals surface area (Å²) in [5, 5.41) is 3.16. The Balaban J connectivity index is 1.30. The lowest BCUT2D eigenvalue weighted by Gasteiger charge is -2.36. The van der Waals surface area contributed by atoms with Gasteiger partial charge < -0.3 is 19.9 Å². The van der Waals surface area contributed by atoms with Crippen molar-refractivity contribution in [2.75, 3.05) is 32.8 Å². The molecule has 1 aromatic carbocycles. The van der Waals surface area contributed by atoms with Gasteiger partial charge in [-0.25, -0.2) is 4.79 Å². The highest BCUT2D eigenvalue weighted by Crippen LogP contribution is 2.26. The Hall–Kier alpha value is -2.24. The van der Waals surface area contributed by atoms with Gasteiger partial charge in [-0.05, 0) is 36.6 Å². The third-order valence-electron chi connectivity index (χ3n) is 5.72. The molecule has 2 aliphatic heterocycles. The standard InChI is InChI=1S/C20H27N3O3/c24-19(16-6-7-18-15(14-16)8-13-26-18)22-9-11-23(12-10-22)20(25)21-17-4-2-1-3-5-17/h6-7,14,17H,1-5,8-13H2,(H,21,25). The average Bonchev–Trinajstić information content (AvgIpc) is 3.16. The van der Waals surface area contributed by atoms with E-state index < -0.39 is 0 Å². The summed E-state index contributed by atoms with van der Waals surface area (Å²) in [5.41, 5.74) is 1.83. The van der Waals surface area contributed by atoms with Crippen LogP contribution in [0.15, 0.2) is 18.2 Å². The van der Waals surface area contributed by atoms with Gasteiger partial charge in [0.25, 0.3) is 5.91 Å². The van der Waals surface area contributed by atoms with Crippen molar-refractivity contribution in [2.45, 2.75) is 44.6 Å². The quantitative estimate of drug-likeness (QED) is 0.884. The summed E-state index contributed by atoms with van der Waals surface area (Å²) in [5.74, 6) is 0.942. The zero-order valence-electron chi connectivity index (χ0n) is 15.2. The van der Waals surface area contributed by atoms with Gasteiger partial charge in [-0.15, -0.1) is 0 Å². The van der Waals surface area contributed by atoms with E-state index in [1.54, 1.807) is 0 Å². The van der Waals surface area contributed by atoms with Gasteiger partial charge >= 0.3 is 6.03 Å². The van der Waals surface area contributed by atoms with E-state index in [2.05, 4.69) is 5.32 Å². The van der Waals surface area contributed by atoms with Crippen LogP contribution in [0.2, 0.25) is 0 Å². The maximum atomic E-state index is 12.8. The number of fused-ring (bicyclic) bond motifs is 1. The Morgan fingerprint density at radius 3 is 2.50 bits per heavy atom. The van der Waals surface area contributed by atoms with Gasteiger partial charge in [0.15, 0.2) is 0 Å². The summed E-state index contributed by atoms with van der Waals surface area (Å²) in [6.45, 7) is 3.06. The first-order valence-corrected chi connectivity index (χ1v) is 9.81. The molecule has 0 atom stereocenters. The van der Waals surface area contributed by atoms with Crippen molar-refractivity contribution in [2.24, 2.45) is 0 Å². The van der Waals surface area contributed by atoms with Crippen LogP contribution in [0.25, 0.3) is 0 Å². The summed E-state index contributed by atoms with van der Waals surface area (Å²) >= 11 is 0. The molecule has 1 saturated heterocycles. The molecule has 3 aliphatic rings. The highest BCUT2D eigenvalue weighted by molar-refractivity contribution is 5.95. The summed E-state index contributed by atoms with van der Waals surface area (Å²) in [6, 6.07) is 6.04. The molecule has 2 fully saturated rings. The van der Waals surface area contributed by atoms with Crippen LogP contribution in [-0.4, -0.2) is 60.6 Å². The Labute approximate surface area is 154 Å². The molecular weight excluding hydrogens is 330 g/mol. The molecule has 4 rings (SSSR count). The van der Waals surface area contributed by atoms with E-state index in [-0.39, 0.29) is 11.9 Å². The Morgan fingerprint density at radius 2 is 1.73 bits per heavy atom. The maximum absolute atomic E-state index is 12.8. The number of hydrogen-bond donors (Lipinski definition) is 1. The topological polar surface area (TPSA) is 61.9 Å². The summed E-state index contributed by atoms with van der Waals surface area (Å²) in [4.78, 5) is 28.9. The summed E-state index contributed by atoms with van der Waals surface area (Å²) < 4.78 is 5.51. The van der Waals surface area contributed by atoms with Crippen molar-refractivity contribution in [1.29, 1.82) is 0 Å². The van der Waals surface area contributed by atoms with E-state index in [9.17, 15) is 9.59 Å². The highest BCUT2D eigenvalue weighted by atomic mass is 16.5. The fourth-order valence-corrected chi connectivity index (χ4v) is 4.13. The van der Waals surface area contributed by atoms with Gasteiger partial charge in [0.2, 0.25) is 0 Å². The van der Waals surface area contributed by atoms with Crippen molar-refractivity contribution in [1.82, 2.24) is 15.1 Å². The second kappa shape index (κ2) is 7.56. The van der Waals surface area contributed by atoms with Gasteiger partial charge in [0.05, 0.1) is 6.61 Å². The number of ether oxygens (including phenoxy) is 1. The number of nitrogens with zero attached hydrogens (tertiary/aromatic N) is 2. The third kappa shape index (κ3) is 3.64. The fourth-order valence-electron chi connectivity index (χ4n) is 4.13. The minimum atomic E-state index is 0.0266. The second-order valence-corrected chi connectivity index (χ2v) is 7.48. The smallest absolute Gasteiger partial charge is 0.317 e. The largest absolute Gasteiger partial charge is 0.493 e. The van der Waals surface area contributed by atoms with Crippen LogP contribution in [0.3, 0.4) is 0 Å². The molecule has 3 amide bonds. The number of piperazine rings is 1. The predicted molar refractivity (Wildman–Crippen MR) is 98.5 cm³/mol. The molecule has 1 aromatic rings. The Bertz CT molecular complexity index is 677. The lowest BCUT2D eigenvalue weighted by Crippen LogP contribution is -2.54. The number of hydrogen-bond acceptors (Lipinski definition) is 3.